The summed E-state index contributed by atoms with van der Waals surface area (Å²) in [6.45, 7) is 0.124. The summed E-state index contributed by atoms with van der Waals surface area (Å²) in [6, 6.07) is 10.4. The number of hydrogen-bond donors (Lipinski definition) is 0. The zero-order chi connectivity index (χ0) is 19.2. The first-order chi connectivity index (χ1) is 13.0. The molecule has 0 unspecified atom stereocenters. The number of nitrogens with zero attached hydrogens (tertiary/aromatic N) is 3. The summed E-state index contributed by atoms with van der Waals surface area (Å²) in [6.07, 6.45) is 7.30. The molecule has 1 heterocycles. The number of carbonyl (C=O) groups excluding carboxylic acids is 1. The van der Waals surface area contributed by atoms with E-state index in [1.54, 1.807) is 0 Å². The Morgan fingerprint density at radius 3 is 2.56 bits per heavy atom. The summed E-state index contributed by atoms with van der Waals surface area (Å²) in [4.78, 5) is 22.0. The summed E-state index contributed by atoms with van der Waals surface area (Å²) < 4.78 is 28.5. The average Bonchev–Trinajstić information content (AvgIpc) is 2.67. The molecular weight excluding hydrogens is 416 g/mol. The molecule has 0 aliphatic heterocycles. The quantitative estimate of drug-likeness (QED) is 0.549. The highest BCUT2D eigenvalue weighted by Crippen LogP contribution is 2.23. The Kier molecular flexibility index (Phi) is 6.03. The molecule has 4 nitrogen and oxygen atoms in total. The zero-order valence-electron chi connectivity index (χ0n) is 14.0. The van der Waals surface area contributed by atoms with E-state index in [0.29, 0.717) is 5.69 Å². The van der Waals surface area contributed by atoms with Gasteiger partial charge in [0, 0.05) is 29.0 Å². The number of benzene rings is 2. The smallest absolute Gasteiger partial charge is 0.251 e. The lowest BCUT2D eigenvalue weighted by Crippen LogP contribution is -2.29. The summed E-state index contributed by atoms with van der Waals surface area (Å²) in [7, 11) is 0. The first-order valence-electron chi connectivity index (χ1n) is 7.98. The van der Waals surface area contributed by atoms with E-state index in [1.807, 2.05) is 24.3 Å². The molecule has 0 aliphatic rings. The van der Waals surface area contributed by atoms with Crippen LogP contribution in [0.3, 0.4) is 0 Å². The number of rotatable bonds is 5. The fourth-order valence-electron chi connectivity index (χ4n) is 2.40. The van der Waals surface area contributed by atoms with Gasteiger partial charge >= 0.3 is 0 Å². The Morgan fingerprint density at radius 2 is 1.89 bits per heavy atom. The van der Waals surface area contributed by atoms with E-state index in [9.17, 15) is 13.6 Å². The Morgan fingerprint density at radius 1 is 1.11 bits per heavy atom. The molecule has 0 radical (unpaired) electrons. The number of amides is 1. The first-order valence-corrected chi connectivity index (χ1v) is 8.77. The van der Waals surface area contributed by atoms with Crippen LogP contribution in [0.4, 0.5) is 14.5 Å². The van der Waals surface area contributed by atoms with E-state index < -0.39 is 17.5 Å². The molecule has 0 bridgehead atoms. The van der Waals surface area contributed by atoms with Crippen LogP contribution in [-0.4, -0.2) is 15.9 Å². The highest BCUT2D eigenvalue weighted by molar-refractivity contribution is 9.10. The minimum Gasteiger partial charge on any atom is -0.302 e. The predicted octanol–water partition coefficient (Wildman–Crippen LogP) is 4.76. The molecule has 27 heavy (non-hydrogen) atoms. The maximum atomic E-state index is 14.3. The van der Waals surface area contributed by atoms with Crippen molar-refractivity contribution in [3.63, 3.8) is 0 Å². The number of halogens is 3. The second-order valence-electron chi connectivity index (χ2n) is 5.61. The van der Waals surface area contributed by atoms with Gasteiger partial charge in [-0.3, -0.25) is 14.8 Å². The molecule has 1 amide bonds. The molecule has 0 saturated carbocycles. The van der Waals surface area contributed by atoms with E-state index in [1.165, 1.54) is 41.7 Å². The van der Waals surface area contributed by atoms with Crippen molar-refractivity contribution in [1.29, 1.82) is 0 Å². The summed E-state index contributed by atoms with van der Waals surface area (Å²) in [5.74, 6) is -1.98. The maximum absolute atomic E-state index is 14.3. The maximum Gasteiger partial charge on any atom is 0.251 e. The summed E-state index contributed by atoms with van der Waals surface area (Å²) in [5, 5.41) is 0. The normalized spacial score (nSPS) is 10.9. The van der Waals surface area contributed by atoms with E-state index >= 15 is 0 Å². The molecule has 1 aromatic heterocycles. The van der Waals surface area contributed by atoms with Gasteiger partial charge in [0.2, 0.25) is 0 Å². The van der Waals surface area contributed by atoms with Gasteiger partial charge in [0.25, 0.3) is 5.91 Å². The van der Waals surface area contributed by atoms with E-state index in [-0.39, 0.29) is 12.2 Å². The second-order valence-corrected chi connectivity index (χ2v) is 6.53. The van der Waals surface area contributed by atoms with E-state index in [0.717, 1.165) is 22.2 Å². The lowest BCUT2D eigenvalue weighted by molar-refractivity contribution is -0.114. The van der Waals surface area contributed by atoms with E-state index in [4.69, 9.17) is 0 Å². The lowest BCUT2D eigenvalue weighted by Gasteiger charge is -2.22. The Bertz CT molecular complexity index is 963. The predicted molar refractivity (Wildman–Crippen MR) is 103 cm³/mol. The van der Waals surface area contributed by atoms with Gasteiger partial charge in [0.05, 0.1) is 24.1 Å². The van der Waals surface area contributed by atoms with Gasteiger partial charge < -0.3 is 4.90 Å². The van der Waals surface area contributed by atoms with Crippen molar-refractivity contribution in [1.82, 2.24) is 9.97 Å². The van der Waals surface area contributed by atoms with Gasteiger partial charge in [0.15, 0.2) is 0 Å². The monoisotopic (exact) mass is 429 g/mol. The largest absolute Gasteiger partial charge is 0.302 e. The number of hydrogen-bond acceptors (Lipinski definition) is 3. The van der Waals surface area contributed by atoms with Crippen LogP contribution in [-0.2, 0) is 11.3 Å². The van der Waals surface area contributed by atoms with Crippen molar-refractivity contribution in [3.8, 4) is 0 Å². The average molecular weight is 430 g/mol. The van der Waals surface area contributed by atoms with Crippen LogP contribution >= 0.6 is 15.9 Å². The molecule has 0 saturated heterocycles. The van der Waals surface area contributed by atoms with Crippen molar-refractivity contribution in [3.05, 3.63) is 94.5 Å². The Balaban J connectivity index is 1.92. The molecule has 0 N–H and O–H groups in total. The van der Waals surface area contributed by atoms with Crippen molar-refractivity contribution >= 4 is 33.6 Å². The SMILES string of the molecule is O=C(/C=C/c1cnccn1)N(Cc1ccc(Br)cc1)c1ccc(F)cc1F. The van der Waals surface area contributed by atoms with Gasteiger partial charge in [-0.05, 0) is 35.9 Å². The number of carbonyl (C=O) groups is 1. The van der Waals surface area contributed by atoms with Crippen molar-refractivity contribution in [2.45, 2.75) is 6.54 Å². The highest BCUT2D eigenvalue weighted by Gasteiger charge is 2.18. The number of anilines is 1. The second kappa shape index (κ2) is 8.64. The van der Waals surface area contributed by atoms with Crippen molar-refractivity contribution < 1.29 is 13.6 Å². The fourth-order valence-corrected chi connectivity index (χ4v) is 2.66. The van der Waals surface area contributed by atoms with E-state index in [2.05, 4.69) is 25.9 Å². The van der Waals surface area contributed by atoms with Crippen LogP contribution < -0.4 is 4.90 Å². The van der Waals surface area contributed by atoms with Crippen LogP contribution in [0.25, 0.3) is 6.08 Å². The molecule has 0 atom stereocenters. The van der Waals surface area contributed by atoms with Crippen LogP contribution in [0.15, 0.2) is 71.6 Å². The van der Waals surface area contributed by atoms with Gasteiger partial charge in [-0.15, -0.1) is 0 Å². The number of aromatic nitrogens is 2. The molecule has 7 heteroatoms. The van der Waals surface area contributed by atoms with Crippen LogP contribution in [0.2, 0.25) is 0 Å². The van der Waals surface area contributed by atoms with Crippen molar-refractivity contribution in [2.75, 3.05) is 4.90 Å². The van der Waals surface area contributed by atoms with Gasteiger partial charge in [-0.25, -0.2) is 8.78 Å². The molecule has 0 aliphatic carbocycles. The standard InChI is InChI=1S/C20H14BrF2N3O/c21-15-3-1-14(2-4-15)13-26(19-7-5-16(22)11-18(19)23)20(27)8-6-17-12-24-9-10-25-17/h1-12H,13H2/b8-6+. The highest BCUT2D eigenvalue weighted by atomic mass is 79.9. The molecule has 0 spiro atoms. The molecular formula is C20H14BrF2N3O. The van der Waals surface area contributed by atoms with Gasteiger partial charge in [-0.1, -0.05) is 28.1 Å². The Labute approximate surface area is 163 Å². The third-order valence-electron chi connectivity index (χ3n) is 3.70. The topological polar surface area (TPSA) is 46.1 Å². The summed E-state index contributed by atoms with van der Waals surface area (Å²) >= 11 is 3.35. The van der Waals surface area contributed by atoms with Gasteiger partial charge in [0.1, 0.15) is 11.6 Å². The molecule has 136 valence electrons. The molecule has 3 rings (SSSR count). The minimum atomic E-state index is -0.812. The van der Waals surface area contributed by atoms with Gasteiger partial charge in [-0.2, -0.15) is 0 Å². The van der Waals surface area contributed by atoms with Crippen LogP contribution in [0.1, 0.15) is 11.3 Å². The van der Waals surface area contributed by atoms with Crippen molar-refractivity contribution in [2.24, 2.45) is 0 Å². The summed E-state index contributed by atoms with van der Waals surface area (Å²) in [5.41, 5.74) is 1.28. The van der Waals surface area contributed by atoms with Crippen LogP contribution in [0.5, 0.6) is 0 Å². The lowest BCUT2D eigenvalue weighted by atomic mass is 10.2. The third-order valence-corrected chi connectivity index (χ3v) is 4.23. The fraction of sp³-hybridized carbons (Fsp3) is 0.0500. The zero-order valence-corrected chi connectivity index (χ0v) is 15.6. The minimum absolute atomic E-state index is 0.00638. The van der Waals surface area contributed by atoms with Crippen LogP contribution in [0, 0.1) is 11.6 Å². The first kappa shape index (κ1) is 18.8. The molecule has 3 aromatic rings. The third kappa shape index (κ3) is 5.04. The molecule has 0 fully saturated rings. The molecule has 2 aromatic carbocycles. The Hall–Kier alpha value is -2.93.